The van der Waals surface area contributed by atoms with Crippen LogP contribution in [0.3, 0.4) is 0 Å². The number of carbonyl (C=O) groups is 1. The molecule has 0 bridgehead atoms. The lowest BCUT2D eigenvalue weighted by Crippen LogP contribution is -2.26. The molecule has 0 aliphatic carbocycles. The Morgan fingerprint density at radius 1 is 1.02 bits per heavy atom. The number of amides is 1. The van der Waals surface area contributed by atoms with Crippen molar-refractivity contribution in [3.8, 4) is 11.5 Å². The van der Waals surface area contributed by atoms with Crippen LogP contribution in [0.4, 0.5) is 5.69 Å². The maximum atomic E-state index is 12.8. The minimum atomic E-state index is -3.72. The molecule has 1 N–H and O–H groups in total. The normalized spacial score (nSPS) is 11.3. The fourth-order valence-corrected chi connectivity index (χ4v) is 5.55. The molecule has 206 valence electrons. The molecule has 0 atom stereocenters. The molecule has 4 aromatic carbocycles. The first-order chi connectivity index (χ1) is 19.2. The molecule has 0 aliphatic heterocycles. The van der Waals surface area contributed by atoms with Gasteiger partial charge in [-0.05, 0) is 87.7 Å². The summed E-state index contributed by atoms with van der Waals surface area (Å²) in [5, 5.41) is 4.69. The van der Waals surface area contributed by atoms with Crippen LogP contribution >= 0.6 is 27.5 Å². The number of anilines is 1. The quantitative estimate of drug-likeness (QED) is 0.162. The molecule has 0 fully saturated rings. The smallest absolute Gasteiger partial charge is 0.271 e. The molecule has 40 heavy (non-hydrogen) atoms. The van der Waals surface area contributed by atoms with Crippen LogP contribution in [-0.2, 0) is 16.6 Å². The Hall–Kier alpha value is -3.86. The standard InChI is InChI=1S/C29H25BrClN3O5S/c1-34(40(36,37)25-6-4-3-5-7-25)24-14-10-22(11-15-24)29(35)33-32-18-21-16-26(30)28(27(17-21)38-2)39-19-20-8-12-23(31)13-9-20/h3-18H,19H2,1-2H3,(H,33,35)/b32-18-. The number of benzene rings is 4. The highest BCUT2D eigenvalue weighted by molar-refractivity contribution is 9.10. The van der Waals surface area contributed by atoms with Crippen molar-refractivity contribution < 1.29 is 22.7 Å². The predicted molar refractivity (Wildman–Crippen MR) is 160 cm³/mol. The number of carbonyl (C=O) groups excluding carboxylic acids is 1. The molecule has 0 aromatic heterocycles. The molecule has 0 aliphatic rings. The average Bonchev–Trinajstić information content (AvgIpc) is 2.97. The minimum Gasteiger partial charge on any atom is -0.493 e. The third kappa shape index (κ3) is 7.01. The number of hydrogen-bond acceptors (Lipinski definition) is 6. The Bertz CT molecular complexity index is 1610. The maximum Gasteiger partial charge on any atom is 0.271 e. The average molecular weight is 643 g/mol. The molecule has 0 saturated carbocycles. The molecular formula is C29H25BrClN3O5S. The molecule has 11 heteroatoms. The number of nitrogens with one attached hydrogen (secondary N) is 1. The Labute approximate surface area is 246 Å². The molecule has 4 rings (SSSR count). The van der Waals surface area contributed by atoms with E-state index in [1.54, 1.807) is 54.6 Å². The number of ether oxygens (including phenoxy) is 2. The van der Waals surface area contributed by atoms with E-state index < -0.39 is 15.9 Å². The molecular weight excluding hydrogens is 618 g/mol. The second-order valence-electron chi connectivity index (χ2n) is 8.48. The van der Waals surface area contributed by atoms with Crippen molar-refractivity contribution in [1.82, 2.24) is 5.43 Å². The van der Waals surface area contributed by atoms with Gasteiger partial charge in [-0.2, -0.15) is 5.10 Å². The maximum absolute atomic E-state index is 12.8. The summed E-state index contributed by atoms with van der Waals surface area (Å²) >= 11 is 9.45. The lowest BCUT2D eigenvalue weighted by atomic mass is 10.2. The third-order valence-electron chi connectivity index (χ3n) is 5.82. The molecule has 4 aromatic rings. The zero-order valence-electron chi connectivity index (χ0n) is 21.5. The van der Waals surface area contributed by atoms with E-state index in [4.69, 9.17) is 21.1 Å². The summed E-state index contributed by atoms with van der Waals surface area (Å²) in [6.45, 7) is 0.322. The Morgan fingerprint density at radius 2 is 1.70 bits per heavy atom. The highest BCUT2D eigenvalue weighted by Gasteiger charge is 2.21. The van der Waals surface area contributed by atoms with Crippen LogP contribution in [0.5, 0.6) is 11.5 Å². The van der Waals surface area contributed by atoms with E-state index in [0.29, 0.717) is 44.4 Å². The van der Waals surface area contributed by atoms with Gasteiger partial charge in [-0.1, -0.05) is 41.9 Å². The number of nitrogens with zero attached hydrogens (tertiary/aromatic N) is 2. The van der Waals surface area contributed by atoms with Crippen molar-refractivity contribution in [3.63, 3.8) is 0 Å². The summed E-state index contributed by atoms with van der Waals surface area (Å²) in [6.07, 6.45) is 1.47. The van der Waals surface area contributed by atoms with E-state index in [1.165, 1.54) is 44.6 Å². The van der Waals surface area contributed by atoms with Gasteiger partial charge >= 0.3 is 0 Å². The largest absolute Gasteiger partial charge is 0.493 e. The van der Waals surface area contributed by atoms with Crippen LogP contribution in [0, 0.1) is 0 Å². The van der Waals surface area contributed by atoms with Crippen LogP contribution in [0.2, 0.25) is 5.02 Å². The van der Waals surface area contributed by atoms with Crippen molar-refractivity contribution in [2.45, 2.75) is 11.5 Å². The zero-order chi connectivity index (χ0) is 28.7. The molecule has 8 nitrogen and oxygen atoms in total. The van der Waals surface area contributed by atoms with Crippen molar-refractivity contribution in [1.29, 1.82) is 0 Å². The Kier molecular flexibility index (Phi) is 9.46. The Balaban J connectivity index is 1.39. The number of hydrogen-bond donors (Lipinski definition) is 1. The number of halogens is 2. The van der Waals surface area contributed by atoms with Crippen LogP contribution in [0.15, 0.2) is 105 Å². The fraction of sp³-hybridized carbons (Fsp3) is 0.103. The molecule has 0 unspecified atom stereocenters. The molecule has 0 radical (unpaired) electrons. The number of methoxy groups -OCH3 is 1. The third-order valence-corrected chi connectivity index (χ3v) is 8.46. The van der Waals surface area contributed by atoms with Gasteiger partial charge in [-0.15, -0.1) is 0 Å². The van der Waals surface area contributed by atoms with Crippen molar-refractivity contribution in [2.24, 2.45) is 5.10 Å². The van der Waals surface area contributed by atoms with Gasteiger partial charge < -0.3 is 9.47 Å². The Morgan fingerprint density at radius 3 is 2.35 bits per heavy atom. The van der Waals surface area contributed by atoms with Gasteiger partial charge in [0.2, 0.25) is 0 Å². The van der Waals surface area contributed by atoms with Gasteiger partial charge in [-0.3, -0.25) is 9.10 Å². The summed E-state index contributed by atoms with van der Waals surface area (Å²) in [4.78, 5) is 12.8. The summed E-state index contributed by atoms with van der Waals surface area (Å²) in [5.41, 5.74) is 4.81. The van der Waals surface area contributed by atoms with E-state index in [1.807, 2.05) is 12.1 Å². The highest BCUT2D eigenvalue weighted by atomic mass is 79.9. The van der Waals surface area contributed by atoms with Crippen molar-refractivity contribution in [2.75, 3.05) is 18.5 Å². The van der Waals surface area contributed by atoms with Gasteiger partial charge in [0.05, 0.1) is 28.4 Å². The molecule has 0 heterocycles. The van der Waals surface area contributed by atoms with E-state index in [0.717, 1.165) is 9.87 Å². The highest BCUT2D eigenvalue weighted by Crippen LogP contribution is 2.37. The number of sulfonamides is 1. The predicted octanol–water partition coefficient (Wildman–Crippen LogP) is 6.28. The second-order valence-corrected chi connectivity index (χ2v) is 11.7. The summed E-state index contributed by atoms with van der Waals surface area (Å²) in [5.74, 6) is 0.560. The molecule has 1 amide bonds. The first kappa shape index (κ1) is 29.1. The van der Waals surface area contributed by atoms with Crippen LogP contribution in [0.25, 0.3) is 0 Å². The first-order valence-electron chi connectivity index (χ1n) is 11.9. The molecule has 0 saturated heterocycles. The number of hydrazone groups is 1. The summed E-state index contributed by atoms with van der Waals surface area (Å²) in [7, 11) is -0.727. The summed E-state index contributed by atoms with van der Waals surface area (Å²) < 4.78 is 38.9. The van der Waals surface area contributed by atoms with Crippen molar-refractivity contribution in [3.05, 3.63) is 117 Å². The lowest BCUT2D eigenvalue weighted by Gasteiger charge is -2.19. The lowest BCUT2D eigenvalue weighted by molar-refractivity contribution is 0.0955. The number of rotatable bonds is 10. The first-order valence-corrected chi connectivity index (χ1v) is 14.5. The van der Waals surface area contributed by atoms with Gasteiger partial charge in [-0.25, -0.2) is 13.8 Å². The fourth-order valence-electron chi connectivity index (χ4n) is 3.63. The van der Waals surface area contributed by atoms with Gasteiger partial charge in [0.1, 0.15) is 6.61 Å². The van der Waals surface area contributed by atoms with Crippen molar-refractivity contribution >= 4 is 55.4 Å². The van der Waals surface area contributed by atoms with Crippen LogP contribution in [0.1, 0.15) is 21.5 Å². The van der Waals surface area contributed by atoms with Gasteiger partial charge in [0.15, 0.2) is 11.5 Å². The van der Waals surface area contributed by atoms with E-state index >= 15 is 0 Å². The minimum absolute atomic E-state index is 0.179. The van der Waals surface area contributed by atoms with Crippen LogP contribution < -0.4 is 19.2 Å². The SMILES string of the molecule is COc1cc(/C=N\NC(=O)c2ccc(N(C)S(=O)(=O)c3ccccc3)cc2)cc(Br)c1OCc1ccc(Cl)cc1. The summed E-state index contributed by atoms with van der Waals surface area (Å²) in [6, 6.07) is 25.2. The van der Waals surface area contributed by atoms with Crippen LogP contribution in [-0.4, -0.2) is 34.7 Å². The monoisotopic (exact) mass is 641 g/mol. The van der Waals surface area contributed by atoms with E-state index in [-0.39, 0.29) is 4.90 Å². The molecule has 0 spiro atoms. The van der Waals surface area contributed by atoms with E-state index in [2.05, 4.69) is 26.5 Å². The zero-order valence-corrected chi connectivity index (χ0v) is 24.7. The van der Waals surface area contributed by atoms with Gasteiger partial charge in [0.25, 0.3) is 15.9 Å². The van der Waals surface area contributed by atoms with Gasteiger partial charge in [0, 0.05) is 17.6 Å². The topological polar surface area (TPSA) is 97.3 Å². The second kappa shape index (κ2) is 13.0. The van der Waals surface area contributed by atoms with E-state index in [9.17, 15) is 13.2 Å².